The van der Waals surface area contributed by atoms with Crippen molar-refractivity contribution in [2.24, 2.45) is 0 Å². The fourth-order valence-corrected chi connectivity index (χ4v) is 3.50. The molecule has 1 amide bonds. The SMILES string of the molecule is O=C(COC(=O)Cc1c[nH]c2ccccc12)NC1CCCCCCC1. The summed E-state index contributed by atoms with van der Waals surface area (Å²) < 4.78 is 5.16. The number of H-pyrrole nitrogens is 1. The summed E-state index contributed by atoms with van der Waals surface area (Å²) in [6, 6.07) is 8.04. The minimum absolute atomic E-state index is 0.167. The van der Waals surface area contributed by atoms with E-state index in [0.29, 0.717) is 0 Å². The lowest BCUT2D eigenvalue weighted by atomic mass is 9.97. The second-order valence-electron chi connectivity index (χ2n) is 6.81. The van der Waals surface area contributed by atoms with Gasteiger partial charge in [0.1, 0.15) is 0 Å². The zero-order valence-corrected chi connectivity index (χ0v) is 14.6. The molecule has 1 aliphatic rings. The van der Waals surface area contributed by atoms with Crippen LogP contribution in [0.1, 0.15) is 50.5 Å². The monoisotopic (exact) mass is 342 g/mol. The first-order valence-corrected chi connectivity index (χ1v) is 9.22. The number of hydrogen-bond donors (Lipinski definition) is 2. The molecule has 0 unspecified atom stereocenters. The molecule has 0 spiro atoms. The van der Waals surface area contributed by atoms with Crippen LogP contribution in [0.25, 0.3) is 10.9 Å². The number of aromatic nitrogens is 1. The Bertz CT molecular complexity index is 715. The topological polar surface area (TPSA) is 71.2 Å². The van der Waals surface area contributed by atoms with Crippen molar-refractivity contribution in [1.29, 1.82) is 0 Å². The molecule has 1 fully saturated rings. The summed E-state index contributed by atoms with van der Waals surface area (Å²) in [6.45, 7) is -0.197. The number of nitrogens with one attached hydrogen (secondary N) is 2. The molecule has 5 heteroatoms. The number of ether oxygens (including phenoxy) is 1. The molecule has 1 aromatic carbocycles. The highest BCUT2D eigenvalue weighted by molar-refractivity contribution is 5.88. The Hall–Kier alpha value is -2.30. The van der Waals surface area contributed by atoms with Crippen molar-refractivity contribution >= 4 is 22.8 Å². The van der Waals surface area contributed by atoms with Crippen molar-refractivity contribution in [1.82, 2.24) is 10.3 Å². The van der Waals surface area contributed by atoms with Crippen LogP contribution in [0.5, 0.6) is 0 Å². The largest absolute Gasteiger partial charge is 0.455 e. The van der Waals surface area contributed by atoms with Crippen LogP contribution in [0.15, 0.2) is 30.5 Å². The van der Waals surface area contributed by atoms with Gasteiger partial charge in [0.05, 0.1) is 6.42 Å². The summed E-state index contributed by atoms with van der Waals surface area (Å²) in [7, 11) is 0. The molecular formula is C20H26N2O3. The van der Waals surface area contributed by atoms with Crippen LogP contribution in [-0.2, 0) is 20.7 Å². The van der Waals surface area contributed by atoms with Crippen molar-refractivity contribution < 1.29 is 14.3 Å². The average Bonchev–Trinajstić information content (AvgIpc) is 2.98. The first kappa shape index (κ1) is 17.5. The minimum atomic E-state index is -0.377. The van der Waals surface area contributed by atoms with E-state index in [0.717, 1.165) is 42.1 Å². The lowest BCUT2D eigenvalue weighted by molar-refractivity contribution is -0.148. The van der Waals surface area contributed by atoms with E-state index in [1.807, 2.05) is 30.5 Å². The normalized spacial score (nSPS) is 16.2. The molecule has 0 saturated heterocycles. The van der Waals surface area contributed by atoms with Crippen LogP contribution in [-0.4, -0.2) is 29.5 Å². The highest BCUT2D eigenvalue weighted by Crippen LogP contribution is 2.19. The van der Waals surface area contributed by atoms with Crippen molar-refractivity contribution in [3.8, 4) is 0 Å². The molecule has 1 aliphatic carbocycles. The molecule has 1 heterocycles. The number of fused-ring (bicyclic) bond motifs is 1. The van der Waals surface area contributed by atoms with Crippen molar-refractivity contribution in [2.45, 2.75) is 57.4 Å². The number of rotatable bonds is 5. The summed E-state index contributed by atoms with van der Waals surface area (Å²) in [4.78, 5) is 27.2. The molecule has 5 nitrogen and oxygen atoms in total. The fraction of sp³-hybridized carbons (Fsp3) is 0.500. The Morgan fingerprint density at radius 3 is 2.60 bits per heavy atom. The van der Waals surface area contributed by atoms with Gasteiger partial charge in [-0.05, 0) is 24.5 Å². The number of benzene rings is 1. The smallest absolute Gasteiger partial charge is 0.310 e. The molecule has 1 saturated carbocycles. The molecule has 0 aliphatic heterocycles. The van der Waals surface area contributed by atoms with Crippen molar-refractivity contribution in [3.05, 3.63) is 36.0 Å². The van der Waals surface area contributed by atoms with Gasteiger partial charge < -0.3 is 15.0 Å². The van der Waals surface area contributed by atoms with Gasteiger partial charge in [0.2, 0.25) is 0 Å². The maximum Gasteiger partial charge on any atom is 0.310 e. The van der Waals surface area contributed by atoms with Crippen LogP contribution in [0.2, 0.25) is 0 Å². The standard InChI is InChI=1S/C20H26N2O3/c23-19(22-16-8-4-2-1-3-5-9-16)14-25-20(24)12-15-13-21-18-11-7-6-10-17(15)18/h6-7,10-11,13,16,21H,1-5,8-9,12,14H2,(H,22,23). The number of hydrogen-bond acceptors (Lipinski definition) is 3. The van der Waals surface area contributed by atoms with Crippen LogP contribution in [0.4, 0.5) is 0 Å². The van der Waals surface area contributed by atoms with E-state index in [1.54, 1.807) is 0 Å². The number of carbonyl (C=O) groups excluding carboxylic acids is 2. The zero-order valence-electron chi connectivity index (χ0n) is 14.6. The van der Waals surface area contributed by atoms with Crippen LogP contribution in [0, 0.1) is 0 Å². The third-order valence-electron chi connectivity index (χ3n) is 4.84. The van der Waals surface area contributed by atoms with E-state index in [4.69, 9.17) is 4.74 Å². The lowest BCUT2D eigenvalue weighted by Gasteiger charge is -2.20. The maximum atomic E-state index is 12.0. The predicted octanol–water partition coefficient (Wildman–Crippen LogP) is 3.48. The lowest BCUT2D eigenvalue weighted by Crippen LogP contribution is -2.38. The van der Waals surface area contributed by atoms with Gasteiger partial charge in [-0.2, -0.15) is 0 Å². The summed E-state index contributed by atoms with van der Waals surface area (Å²) in [5, 5.41) is 4.02. The number of aromatic amines is 1. The Morgan fingerprint density at radius 1 is 1.08 bits per heavy atom. The number of amides is 1. The third-order valence-corrected chi connectivity index (χ3v) is 4.84. The average molecular weight is 342 g/mol. The van der Waals surface area contributed by atoms with Gasteiger partial charge >= 0.3 is 5.97 Å². The second-order valence-corrected chi connectivity index (χ2v) is 6.81. The van der Waals surface area contributed by atoms with Crippen LogP contribution >= 0.6 is 0 Å². The Kier molecular flexibility index (Phi) is 6.09. The van der Waals surface area contributed by atoms with E-state index in [2.05, 4.69) is 10.3 Å². The van der Waals surface area contributed by atoms with E-state index >= 15 is 0 Å². The number of para-hydroxylation sites is 1. The first-order valence-electron chi connectivity index (χ1n) is 9.22. The van der Waals surface area contributed by atoms with Crippen LogP contribution in [0.3, 0.4) is 0 Å². The van der Waals surface area contributed by atoms with Gasteiger partial charge in [-0.3, -0.25) is 9.59 Å². The minimum Gasteiger partial charge on any atom is -0.455 e. The highest BCUT2D eigenvalue weighted by atomic mass is 16.5. The summed E-state index contributed by atoms with van der Waals surface area (Å²) in [5.41, 5.74) is 1.88. The Morgan fingerprint density at radius 2 is 1.80 bits per heavy atom. The zero-order chi connectivity index (χ0) is 17.5. The molecule has 0 bridgehead atoms. The maximum absolute atomic E-state index is 12.0. The van der Waals surface area contributed by atoms with E-state index < -0.39 is 0 Å². The highest BCUT2D eigenvalue weighted by Gasteiger charge is 2.16. The summed E-state index contributed by atoms with van der Waals surface area (Å²) in [6.07, 6.45) is 10.1. The fourth-order valence-electron chi connectivity index (χ4n) is 3.50. The predicted molar refractivity (Wildman–Crippen MR) is 97.2 cm³/mol. The van der Waals surface area contributed by atoms with Gasteiger partial charge in [-0.15, -0.1) is 0 Å². The quantitative estimate of drug-likeness (QED) is 0.817. The van der Waals surface area contributed by atoms with E-state index in [1.165, 1.54) is 19.3 Å². The summed E-state index contributed by atoms with van der Waals surface area (Å²) in [5.74, 6) is -0.574. The van der Waals surface area contributed by atoms with Gasteiger partial charge in [-0.1, -0.05) is 50.3 Å². The molecular weight excluding hydrogens is 316 g/mol. The third kappa shape index (κ3) is 5.08. The van der Waals surface area contributed by atoms with E-state index in [-0.39, 0.29) is 30.9 Å². The second kappa shape index (κ2) is 8.70. The molecule has 25 heavy (non-hydrogen) atoms. The molecule has 3 rings (SSSR count). The van der Waals surface area contributed by atoms with Gasteiger partial charge in [0, 0.05) is 23.1 Å². The molecule has 134 valence electrons. The Balaban J connectivity index is 1.44. The van der Waals surface area contributed by atoms with Gasteiger partial charge in [0.25, 0.3) is 5.91 Å². The molecule has 0 atom stereocenters. The van der Waals surface area contributed by atoms with E-state index in [9.17, 15) is 9.59 Å². The number of carbonyl (C=O) groups is 2. The van der Waals surface area contributed by atoms with Gasteiger partial charge in [-0.25, -0.2) is 0 Å². The Labute approximate surface area is 148 Å². The molecule has 1 aromatic heterocycles. The van der Waals surface area contributed by atoms with Gasteiger partial charge in [0.15, 0.2) is 6.61 Å². The molecule has 2 N–H and O–H groups in total. The summed E-state index contributed by atoms with van der Waals surface area (Å²) >= 11 is 0. The first-order chi connectivity index (χ1) is 12.2. The van der Waals surface area contributed by atoms with Crippen LogP contribution < -0.4 is 5.32 Å². The molecule has 2 aromatic rings. The number of esters is 1. The van der Waals surface area contributed by atoms with Crippen molar-refractivity contribution in [2.75, 3.05) is 6.61 Å². The van der Waals surface area contributed by atoms with Crippen molar-refractivity contribution in [3.63, 3.8) is 0 Å². The molecule has 0 radical (unpaired) electrons.